The second-order valence-electron chi connectivity index (χ2n) is 37.3. The maximum Gasteiger partial charge on any atom is 0.254 e. The van der Waals surface area contributed by atoms with E-state index in [4.69, 9.17) is 9.47 Å². The molecule has 0 atom stereocenters. The highest BCUT2D eigenvalue weighted by atomic mass is 79.9. The van der Waals surface area contributed by atoms with E-state index in [-0.39, 0.29) is 53.5 Å². The number of amides is 8. The number of hydrogen-bond donors (Lipinski definition) is 12. The predicted octanol–water partition coefficient (Wildman–Crippen LogP) is 20.8. The molecule has 0 radical (unpaired) electrons. The van der Waals surface area contributed by atoms with E-state index in [1.165, 1.54) is 33.4 Å². The molecular formula is C117H103Br2N17O11. The second-order valence-corrected chi connectivity index (χ2v) is 38.8. The molecule has 28 nitrogen and oxygen atoms in total. The minimum Gasteiger partial charge on any atom is -0.354 e. The molecular weight excluding hydrogens is 1980 g/mol. The molecule has 28 rings (SSSR count). The predicted molar refractivity (Wildman–Crippen MR) is 580 cm³/mol. The quantitative estimate of drug-likeness (QED) is 0.0401. The molecule has 0 fully saturated rings. The molecule has 0 spiro atoms. The first kappa shape index (κ1) is 96.4. The number of nitrogens with zero attached hydrogens (tertiary/aromatic N) is 5. The lowest BCUT2D eigenvalue weighted by Gasteiger charge is -2.22. The summed E-state index contributed by atoms with van der Waals surface area (Å²) in [6.45, 7) is 10.8. The van der Waals surface area contributed by atoms with E-state index < -0.39 is 0 Å². The number of rotatable bonds is 12. The summed E-state index contributed by atoms with van der Waals surface area (Å²) >= 11 is 7.00. The monoisotopic (exact) mass is 2080 g/mol. The summed E-state index contributed by atoms with van der Waals surface area (Å²) in [5.41, 5.74) is 35.4. The Labute approximate surface area is 860 Å². The van der Waals surface area contributed by atoms with Crippen molar-refractivity contribution in [3.05, 3.63) is 376 Å². The van der Waals surface area contributed by atoms with Crippen LogP contribution in [-0.4, -0.2) is 136 Å². The van der Waals surface area contributed by atoms with Crippen LogP contribution >= 0.6 is 31.9 Å². The molecule has 0 saturated heterocycles. The van der Waals surface area contributed by atoms with Gasteiger partial charge in [-0.25, -0.2) is 0 Å². The molecule has 0 unspecified atom stereocenters. The van der Waals surface area contributed by atoms with Crippen LogP contribution in [-0.2, 0) is 89.5 Å². The van der Waals surface area contributed by atoms with Gasteiger partial charge < -0.3 is 95.1 Å². The molecule has 30 heteroatoms. The van der Waals surface area contributed by atoms with Gasteiger partial charge in [0.1, 0.15) is 6.29 Å². The normalized spacial score (nSPS) is 13.9. The van der Waals surface area contributed by atoms with Crippen molar-refractivity contribution in [2.45, 2.75) is 79.0 Å². The van der Waals surface area contributed by atoms with Crippen LogP contribution in [0.25, 0.3) is 132 Å². The minimum atomic E-state index is -0.342. The summed E-state index contributed by atoms with van der Waals surface area (Å²) in [4.78, 5) is 126. The number of H-pyrrole nitrogens is 5. The Morgan fingerprint density at radius 1 is 0.340 bits per heavy atom. The van der Waals surface area contributed by atoms with Crippen molar-refractivity contribution < 1.29 is 52.6 Å². The van der Waals surface area contributed by atoms with Gasteiger partial charge >= 0.3 is 0 Å². The molecule has 8 aliphatic rings. The first-order valence-corrected chi connectivity index (χ1v) is 50.1. The zero-order valence-corrected chi connectivity index (χ0v) is 84.9. The van der Waals surface area contributed by atoms with Gasteiger partial charge in [-0.3, -0.25) is 43.2 Å². The summed E-state index contributed by atoms with van der Waals surface area (Å²) in [5, 5.41) is 28.8. The third kappa shape index (κ3) is 18.1. The number of hydrogen-bond acceptors (Lipinski definition) is 12. The number of benzene rings is 12. The van der Waals surface area contributed by atoms with E-state index in [0.717, 1.165) is 215 Å². The number of halogens is 2. The third-order valence-electron chi connectivity index (χ3n) is 28.0. The highest BCUT2D eigenvalue weighted by molar-refractivity contribution is 9.10. The first-order valence-electron chi connectivity index (χ1n) is 48.5. The molecule has 147 heavy (non-hydrogen) atoms. The number of carbonyl (C=O) groups excluding carboxylic acids is 9. The molecule has 20 aromatic rings. The van der Waals surface area contributed by atoms with Gasteiger partial charge in [0.25, 0.3) is 47.3 Å². The lowest BCUT2D eigenvalue weighted by atomic mass is 9.98. The summed E-state index contributed by atoms with van der Waals surface area (Å²) < 4.78 is 19.5. The Morgan fingerprint density at radius 3 is 1.09 bits per heavy atom. The SMILES string of the molecule is CCOC(OCC)c1ccc(-c2[nH]c3cccc4c3c2CNC4=O)cc1.CN(C)Cc1ccc(-c2[nH]c3cccc4c3c2CNC4=O)cc1.CN1Cc2cn(C)c3cccc(c23)C1=O.Cn1c(Br)c2c3c(cccc31)C(=O)NC2.Cn1cc2c3c(cccc31)C(=O)NC2.O=C1NCc2c(-c3ccccc3)[nH]c3cccc1c23.O=C1NCc2c(Br)[nH]c3cccc1c23.O=Cc1ccc(-c2[nH]c3cccc4c3c2CNC4=O)cc1. The Kier molecular flexibility index (Phi) is 26.5. The van der Waals surface area contributed by atoms with E-state index in [2.05, 4.69) is 194 Å². The topological polar surface area (TPSA) is 357 Å². The Bertz CT molecular complexity index is 8710. The van der Waals surface area contributed by atoms with Gasteiger partial charge in [0.15, 0.2) is 6.29 Å². The van der Waals surface area contributed by atoms with E-state index >= 15 is 0 Å². The number of aldehydes is 1. The molecule has 12 N–H and O–H groups in total. The molecule has 8 aromatic heterocycles. The maximum absolute atomic E-state index is 12.1. The van der Waals surface area contributed by atoms with Crippen LogP contribution in [0.2, 0.25) is 0 Å². The average molecular weight is 2080 g/mol. The van der Waals surface area contributed by atoms with Crippen molar-refractivity contribution >= 4 is 173 Å². The van der Waals surface area contributed by atoms with Gasteiger partial charge in [-0.15, -0.1) is 0 Å². The number of carbonyl (C=O) groups is 9. The highest BCUT2D eigenvalue weighted by Crippen LogP contribution is 2.43. The minimum absolute atomic E-state index is 0.00889. The third-order valence-corrected chi connectivity index (χ3v) is 29.6. The van der Waals surface area contributed by atoms with Gasteiger partial charge in [0.2, 0.25) is 0 Å². The van der Waals surface area contributed by atoms with Crippen LogP contribution in [0.4, 0.5) is 0 Å². The summed E-state index contributed by atoms with van der Waals surface area (Å²) in [6.07, 6.45) is 4.67. The number of aromatic nitrogens is 8. The van der Waals surface area contributed by atoms with Crippen LogP contribution in [0, 0.1) is 0 Å². The number of ether oxygens (including phenoxy) is 2. The van der Waals surface area contributed by atoms with Crippen molar-refractivity contribution in [3.8, 4) is 45.0 Å². The molecule has 736 valence electrons. The van der Waals surface area contributed by atoms with Crippen LogP contribution in [0.5, 0.6) is 0 Å². The van der Waals surface area contributed by atoms with Crippen LogP contribution < -0.4 is 37.2 Å². The summed E-state index contributed by atoms with van der Waals surface area (Å²) in [7, 11) is 12.0. The number of nitrogens with one attached hydrogen (secondary N) is 12. The van der Waals surface area contributed by atoms with E-state index in [1.54, 1.807) is 17.0 Å². The lowest BCUT2D eigenvalue weighted by molar-refractivity contribution is -0.140. The van der Waals surface area contributed by atoms with Crippen LogP contribution in [0.3, 0.4) is 0 Å². The zero-order chi connectivity index (χ0) is 102. The van der Waals surface area contributed by atoms with Crippen molar-refractivity contribution in [2.75, 3.05) is 34.4 Å². The van der Waals surface area contributed by atoms with Crippen LogP contribution in [0.15, 0.2) is 270 Å². The van der Waals surface area contributed by atoms with Crippen molar-refractivity contribution in [3.63, 3.8) is 0 Å². The smallest absolute Gasteiger partial charge is 0.254 e. The molecule has 16 heterocycles. The Morgan fingerprint density at radius 2 is 0.673 bits per heavy atom. The molecule has 8 amide bonds. The fourth-order valence-corrected chi connectivity index (χ4v) is 22.2. The molecule has 8 aliphatic heterocycles. The highest BCUT2D eigenvalue weighted by Gasteiger charge is 2.33. The second kappa shape index (κ2) is 40.4. The summed E-state index contributed by atoms with van der Waals surface area (Å²) in [6, 6.07) is 80.9. The zero-order valence-electron chi connectivity index (χ0n) is 81.7. The Hall–Kier alpha value is -16.8. The van der Waals surface area contributed by atoms with Crippen molar-refractivity contribution in [1.82, 2.24) is 85.6 Å². The van der Waals surface area contributed by atoms with Gasteiger partial charge in [-0.05, 0) is 196 Å². The number of aromatic amines is 5. The Balaban J connectivity index is 0.0000000994. The van der Waals surface area contributed by atoms with Gasteiger partial charge in [0, 0.05) is 289 Å². The standard InChI is InChI=1S/C21H22N2O3.C19H19N3O.C17H12N2O2.C16H12N2O.C12H12N2O.C11H9BrN2O.C11H10N2O.C10H7BrN2O/c1-3-25-21(26-4-2)14-10-8-13(9-11-14)19-16-12-22-20(24)15-6-5-7-17(23-19)18(15)16;1-22(2)11-12-6-8-13(9-7-12)18-15-10-20-19(23)14-4-3-5-16(21-18)17(14)15;20-9-10-4-6-11(7-5-10)16-13-8-18-17(21)12-2-1-3-14(19-16)15(12)13;19-16-11-7-4-8-13-14(11)12(9-17-16)15(18-13)10-5-2-1-3-6-10;1-13-6-8-7-14(2)12(15)9-4-3-5-10(13)11(8)9;1-14-8-4-2-3-6-9(8)7(10(14)12)5-13-11(6)15;1-13-6-7-5-12-11(14)8-3-2-4-9(13)10(7)8;11-9-6-4-12-10(14)5-2-1-3-7(13-9)8(5)6/h5-11,21,23H,3-4,12H2,1-2H3,(H,22,24);3-9,21H,10-11H2,1-2H3,(H,20,23);1-7,9,19H,8H2,(H,18,21);1-8,18H,9H2,(H,17,19);3-6H,7H2,1-2H3;2-4H,5H2,1H3,(H,13,15);2-4,6H,5H2,1H3,(H,12,14);1-3,13H,4H2,(H,12,14). The van der Waals surface area contributed by atoms with Gasteiger partial charge in [-0.1, -0.05) is 152 Å². The molecule has 0 aliphatic carbocycles. The van der Waals surface area contributed by atoms with E-state index in [0.29, 0.717) is 76.7 Å². The lowest BCUT2D eigenvalue weighted by Crippen LogP contribution is -2.29. The fourth-order valence-electron chi connectivity index (χ4n) is 21.2. The molecule has 0 bridgehead atoms. The average Bonchev–Trinajstić information content (AvgIpc) is 1.62. The van der Waals surface area contributed by atoms with E-state index in [1.807, 2.05) is 224 Å². The number of aryl methyl sites for hydroxylation is 3. The fraction of sp³-hybridized carbons (Fsp3) is 0.171. The van der Waals surface area contributed by atoms with Crippen molar-refractivity contribution in [2.24, 2.45) is 21.1 Å². The molecule has 0 saturated carbocycles. The molecule has 12 aromatic carbocycles. The maximum atomic E-state index is 12.1. The van der Waals surface area contributed by atoms with E-state index in [9.17, 15) is 43.2 Å². The first-order chi connectivity index (χ1) is 71.4. The summed E-state index contributed by atoms with van der Waals surface area (Å²) in [5.74, 6) is 0.163. The van der Waals surface area contributed by atoms with Gasteiger partial charge in [-0.2, -0.15) is 0 Å². The van der Waals surface area contributed by atoms with Crippen LogP contribution in [0.1, 0.15) is 169 Å². The largest absolute Gasteiger partial charge is 0.354 e. The van der Waals surface area contributed by atoms with Crippen molar-refractivity contribution in [1.29, 1.82) is 0 Å². The van der Waals surface area contributed by atoms with Gasteiger partial charge in [0.05, 0.1) is 32.0 Å².